The third-order valence-corrected chi connectivity index (χ3v) is 5.88. The van der Waals surface area contributed by atoms with Gasteiger partial charge in [-0.3, -0.25) is 9.78 Å². The molecule has 2 aliphatic rings. The second kappa shape index (κ2) is 6.83. The Morgan fingerprint density at radius 2 is 1.96 bits per heavy atom. The molecule has 0 radical (unpaired) electrons. The second-order valence-corrected chi connectivity index (χ2v) is 7.76. The molecule has 0 saturated carbocycles. The molecule has 1 saturated heterocycles. The van der Waals surface area contributed by atoms with Crippen molar-refractivity contribution < 1.29 is 4.79 Å². The van der Waals surface area contributed by atoms with Gasteiger partial charge in [0, 0.05) is 74.4 Å². The van der Waals surface area contributed by atoms with Gasteiger partial charge in [-0.2, -0.15) is 0 Å². The Labute approximate surface area is 160 Å². The average Bonchev–Trinajstić information content (AvgIpc) is 3.06. The maximum atomic E-state index is 12.9. The topological polar surface area (TPSA) is 61.4 Å². The number of aromatic nitrogens is 2. The molecule has 6 heteroatoms. The number of carbonyl (C=O) groups is 1. The molecule has 2 aromatic rings. The van der Waals surface area contributed by atoms with Crippen LogP contribution in [0.2, 0.25) is 0 Å². The number of aryl methyl sites for hydroxylation is 2. The molecule has 142 valence electrons. The standard InChI is InChI=1S/C21H27N5O/c1-13-7-17(5-6-23-13)25-9-16(10-25)8-20(27)26-11-18-14(2)15(3)24-21(22-4)19(18)12-26/h5-7,16H,8-12H2,1-4H3,(H,22,24). The number of hydrogen-bond acceptors (Lipinski definition) is 5. The number of anilines is 2. The SMILES string of the molecule is CNc1nc(C)c(C)c2c1CN(C(=O)CC1CN(c3ccnc(C)c3)C1)C2. The maximum absolute atomic E-state index is 12.9. The van der Waals surface area contributed by atoms with Crippen molar-refractivity contribution >= 4 is 17.4 Å². The molecule has 0 aromatic carbocycles. The van der Waals surface area contributed by atoms with Gasteiger partial charge in [-0.25, -0.2) is 4.98 Å². The van der Waals surface area contributed by atoms with Crippen LogP contribution in [0.15, 0.2) is 18.3 Å². The van der Waals surface area contributed by atoms with E-state index in [-0.39, 0.29) is 5.91 Å². The van der Waals surface area contributed by atoms with E-state index in [2.05, 4.69) is 33.2 Å². The van der Waals surface area contributed by atoms with E-state index < -0.39 is 0 Å². The van der Waals surface area contributed by atoms with Gasteiger partial charge in [-0.15, -0.1) is 0 Å². The van der Waals surface area contributed by atoms with Crippen molar-refractivity contribution in [3.8, 4) is 0 Å². The van der Waals surface area contributed by atoms with Gasteiger partial charge in [0.15, 0.2) is 0 Å². The Kier molecular flexibility index (Phi) is 4.50. The summed E-state index contributed by atoms with van der Waals surface area (Å²) in [5.41, 5.74) is 6.92. The fourth-order valence-corrected chi connectivity index (χ4v) is 4.12. The minimum Gasteiger partial charge on any atom is -0.373 e. The number of hydrogen-bond donors (Lipinski definition) is 1. The first kappa shape index (κ1) is 17.8. The van der Waals surface area contributed by atoms with E-state index in [4.69, 9.17) is 0 Å². The highest BCUT2D eigenvalue weighted by Crippen LogP contribution is 2.33. The summed E-state index contributed by atoms with van der Waals surface area (Å²) in [6, 6.07) is 4.14. The van der Waals surface area contributed by atoms with Crippen LogP contribution in [0, 0.1) is 26.7 Å². The van der Waals surface area contributed by atoms with Crippen molar-refractivity contribution in [1.82, 2.24) is 14.9 Å². The minimum atomic E-state index is 0.251. The van der Waals surface area contributed by atoms with Crippen molar-refractivity contribution in [2.45, 2.75) is 40.3 Å². The summed E-state index contributed by atoms with van der Waals surface area (Å²) in [4.78, 5) is 26.1. The van der Waals surface area contributed by atoms with Crippen molar-refractivity contribution in [3.63, 3.8) is 0 Å². The molecule has 4 rings (SSSR count). The Morgan fingerprint density at radius 1 is 1.22 bits per heavy atom. The first-order valence-corrected chi connectivity index (χ1v) is 9.58. The molecule has 1 N–H and O–H groups in total. The van der Waals surface area contributed by atoms with E-state index in [0.29, 0.717) is 25.4 Å². The Morgan fingerprint density at radius 3 is 2.67 bits per heavy atom. The van der Waals surface area contributed by atoms with Crippen molar-refractivity contribution in [3.05, 3.63) is 46.4 Å². The zero-order valence-corrected chi connectivity index (χ0v) is 16.5. The van der Waals surface area contributed by atoms with Crippen molar-refractivity contribution in [1.29, 1.82) is 0 Å². The Bertz CT molecular complexity index is 888. The molecule has 4 heterocycles. The monoisotopic (exact) mass is 365 g/mol. The average molecular weight is 365 g/mol. The van der Waals surface area contributed by atoms with Crippen LogP contribution in [0.5, 0.6) is 0 Å². The fourth-order valence-electron chi connectivity index (χ4n) is 4.12. The summed E-state index contributed by atoms with van der Waals surface area (Å²) in [5, 5.41) is 3.19. The molecule has 1 fully saturated rings. The van der Waals surface area contributed by atoms with Gasteiger partial charge in [0.05, 0.1) is 0 Å². The molecular weight excluding hydrogens is 338 g/mol. The van der Waals surface area contributed by atoms with Crippen LogP contribution in [0.4, 0.5) is 11.5 Å². The number of fused-ring (bicyclic) bond motifs is 1. The molecule has 0 aliphatic carbocycles. The van der Waals surface area contributed by atoms with Crippen LogP contribution in [0.25, 0.3) is 0 Å². The molecule has 0 unspecified atom stereocenters. The predicted octanol–water partition coefficient (Wildman–Crippen LogP) is 2.81. The second-order valence-electron chi connectivity index (χ2n) is 7.76. The summed E-state index contributed by atoms with van der Waals surface area (Å²) in [5.74, 6) is 1.59. The van der Waals surface area contributed by atoms with Gasteiger partial charge in [0.1, 0.15) is 5.82 Å². The van der Waals surface area contributed by atoms with E-state index >= 15 is 0 Å². The highest BCUT2D eigenvalue weighted by Gasteiger charge is 2.33. The lowest BCUT2D eigenvalue weighted by atomic mass is 9.95. The van der Waals surface area contributed by atoms with Crippen molar-refractivity contribution in [2.75, 3.05) is 30.4 Å². The lowest BCUT2D eigenvalue weighted by Crippen LogP contribution is -2.48. The van der Waals surface area contributed by atoms with Gasteiger partial charge < -0.3 is 15.1 Å². The van der Waals surface area contributed by atoms with Crippen molar-refractivity contribution in [2.24, 2.45) is 5.92 Å². The van der Waals surface area contributed by atoms with Gasteiger partial charge in [0.2, 0.25) is 5.91 Å². The largest absolute Gasteiger partial charge is 0.373 e. The number of pyridine rings is 2. The van der Waals surface area contributed by atoms with E-state index in [1.807, 2.05) is 38.1 Å². The van der Waals surface area contributed by atoms with E-state index in [1.54, 1.807) is 0 Å². The third-order valence-electron chi connectivity index (χ3n) is 5.88. The lowest BCUT2D eigenvalue weighted by molar-refractivity contribution is -0.133. The Hall–Kier alpha value is -2.63. The quantitative estimate of drug-likeness (QED) is 0.903. The zero-order valence-electron chi connectivity index (χ0n) is 16.5. The van der Waals surface area contributed by atoms with Crippen LogP contribution in [0.1, 0.15) is 34.5 Å². The molecule has 6 nitrogen and oxygen atoms in total. The first-order valence-electron chi connectivity index (χ1n) is 9.58. The summed E-state index contributed by atoms with van der Waals surface area (Å²) in [6.45, 7) is 9.40. The molecular formula is C21H27N5O. The zero-order chi connectivity index (χ0) is 19.1. The summed E-state index contributed by atoms with van der Waals surface area (Å²) in [7, 11) is 1.89. The third kappa shape index (κ3) is 3.24. The molecule has 2 aromatic heterocycles. The van der Waals surface area contributed by atoms with E-state index in [1.165, 1.54) is 22.4 Å². The minimum absolute atomic E-state index is 0.251. The molecule has 0 spiro atoms. The molecule has 0 bridgehead atoms. The maximum Gasteiger partial charge on any atom is 0.223 e. The van der Waals surface area contributed by atoms with E-state index in [9.17, 15) is 4.79 Å². The molecule has 0 atom stereocenters. The smallest absolute Gasteiger partial charge is 0.223 e. The first-order chi connectivity index (χ1) is 13.0. The van der Waals surface area contributed by atoms with Gasteiger partial charge in [-0.1, -0.05) is 0 Å². The highest BCUT2D eigenvalue weighted by atomic mass is 16.2. The fraction of sp³-hybridized carbons (Fsp3) is 0.476. The summed E-state index contributed by atoms with van der Waals surface area (Å²) in [6.07, 6.45) is 2.47. The van der Waals surface area contributed by atoms with E-state index in [0.717, 1.165) is 30.3 Å². The van der Waals surface area contributed by atoms with Gasteiger partial charge in [-0.05, 0) is 44.0 Å². The van der Waals surface area contributed by atoms with Crippen LogP contribution in [0.3, 0.4) is 0 Å². The predicted molar refractivity (Wildman–Crippen MR) is 107 cm³/mol. The van der Waals surface area contributed by atoms with Crippen LogP contribution < -0.4 is 10.2 Å². The number of nitrogens with zero attached hydrogens (tertiary/aromatic N) is 4. The Balaban J connectivity index is 1.37. The van der Waals surface area contributed by atoms with Gasteiger partial charge >= 0.3 is 0 Å². The molecule has 2 aliphatic heterocycles. The summed E-state index contributed by atoms with van der Waals surface area (Å²) < 4.78 is 0. The van der Waals surface area contributed by atoms with Gasteiger partial charge in [0.25, 0.3) is 0 Å². The number of rotatable bonds is 4. The number of nitrogens with one attached hydrogen (secondary N) is 1. The van der Waals surface area contributed by atoms with Crippen LogP contribution in [-0.2, 0) is 17.9 Å². The number of carbonyl (C=O) groups excluding carboxylic acids is 1. The number of amides is 1. The normalized spacial score (nSPS) is 16.3. The summed E-state index contributed by atoms with van der Waals surface area (Å²) >= 11 is 0. The van der Waals surface area contributed by atoms with Crippen LogP contribution in [-0.4, -0.2) is 40.9 Å². The lowest BCUT2D eigenvalue weighted by Gasteiger charge is -2.41. The van der Waals surface area contributed by atoms with Crippen LogP contribution >= 0.6 is 0 Å². The highest BCUT2D eigenvalue weighted by molar-refractivity contribution is 5.78. The molecule has 27 heavy (non-hydrogen) atoms. The molecule has 1 amide bonds.